The molecule has 1 aromatic carbocycles. The van der Waals surface area contributed by atoms with Crippen LogP contribution in [-0.2, 0) is 6.54 Å². The minimum absolute atomic E-state index is 0.0579. The first-order valence-electron chi connectivity index (χ1n) is 12.0. The molecule has 188 valence electrons. The number of likely N-dealkylation sites (tertiary alicyclic amines) is 1. The molecule has 0 bridgehead atoms. The van der Waals surface area contributed by atoms with Crippen molar-refractivity contribution in [1.29, 1.82) is 0 Å². The molecule has 4 rings (SSSR count). The van der Waals surface area contributed by atoms with Crippen LogP contribution in [0.25, 0.3) is 0 Å². The Bertz CT molecular complexity index is 1030. The summed E-state index contributed by atoms with van der Waals surface area (Å²) in [6, 6.07) is 10.3. The summed E-state index contributed by atoms with van der Waals surface area (Å²) in [7, 11) is 1.75. The first-order chi connectivity index (χ1) is 16.8. The Kier molecular flexibility index (Phi) is 7.70. The second kappa shape index (κ2) is 10.9. The summed E-state index contributed by atoms with van der Waals surface area (Å²) in [6.07, 6.45) is 2.42. The number of pyridine rings is 1. The van der Waals surface area contributed by atoms with Crippen molar-refractivity contribution in [3.05, 3.63) is 54.1 Å². The van der Waals surface area contributed by atoms with Gasteiger partial charge in [-0.05, 0) is 50.1 Å². The van der Waals surface area contributed by atoms with Crippen molar-refractivity contribution in [2.24, 2.45) is 0 Å². The zero-order valence-electron chi connectivity index (χ0n) is 20.2. The van der Waals surface area contributed by atoms with Crippen LogP contribution < -0.4 is 10.2 Å². The lowest BCUT2D eigenvalue weighted by Crippen LogP contribution is -2.53. The van der Waals surface area contributed by atoms with E-state index in [-0.39, 0.29) is 23.9 Å². The SMILES string of the molecule is C[C@H]1CN(Cc2ccc(N(C)C(=O)N3CCC(Nc4cccc(F)c4)CC3)cn2)CCN1C(=O)O. The summed E-state index contributed by atoms with van der Waals surface area (Å²) in [5, 5.41) is 12.6. The quantitative estimate of drug-likeness (QED) is 0.675. The van der Waals surface area contributed by atoms with Crippen molar-refractivity contribution in [2.45, 2.75) is 38.4 Å². The van der Waals surface area contributed by atoms with E-state index in [0.29, 0.717) is 39.3 Å². The number of aromatic nitrogens is 1. The molecule has 0 saturated carbocycles. The van der Waals surface area contributed by atoms with Crippen LogP contribution in [0.5, 0.6) is 0 Å². The number of benzene rings is 1. The standard InChI is InChI=1S/C25H33FN6O3/c1-18-16-30(12-13-32(18)25(34)35)17-22-6-7-23(15-27-22)29(2)24(33)31-10-8-20(9-11-31)28-21-5-3-4-19(26)14-21/h3-7,14-15,18,20,28H,8-13,16-17H2,1-2H3,(H,34,35)/t18-/m0/s1. The summed E-state index contributed by atoms with van der Waals surface area (Å²) in [5.41, 5.74) is 2.37. The van der Waals surface area contributed by atoms with Gasteiger partial charge in [-0.1, -0.05) is 6.07 Å². The number of nitrogens with zero attached hydrogens (tertiary/aromatic N) is 5. The lowest BCUT2D eigenvalue weighted by Gasteiger charge is -2.38. The highest BCUT2D eigenvalue weighted by molar-refractivity contribution is 5.91. The van der Waals surface area contributed by atoms with Gasteiger partial charge in [-0.15, -0.1) is 0 Å². The molecule has 2 fully saturated rings. The molecular formula is C25H33FN6O3. The average Bonchev–Trinajstić information content (AvgIpc) is 2.84. The number of carbonyl (C=O) groups is 2. The molecule has 1 aromatic heterocycles. The predicted molar refractivity (Wildman–Crippen MR) is 132 cm³/mol. The number of piperazine rings is 1. The number of carboxylic acid groups (broad SMARTS) is 1. The van der Waals surface area contributed by atoms with Gasteiger partial charge in [0, 0.05) is 64.1 Å². The number of amides is 3. The Labute approximate surface area is 205 Å². The Balaban J connectivity index is 1.26. The van der Waals surface area contributed by atoms with Crippen LogP contribution in [-0.4, -0.2) is 88.8 Å². The normalized spacial score (nSPS) is 19.5. The molecular weight excluding hydrogens is 451 g/mol. The van der Waals surface area contributed by atoms with Gasteiger partial charge in [0.25, 0.3) is 0 Å². The third-order valence-corrected chi connectivity index (χ3v) is 6.79. The van der Waals surface area contributed by atoms with Gasteiger partial charge in [0.2, 0.25) is 0 Å². The van der Waals surface area contributed by atoms with Gasteiger partial charge in [0.1, 0.15) is 5.82 Å². The van der Waals surface area contributed by atoms with E-state index >= 15 is 0 Å². The maximum atomic E-state index is 13.4. The van der Waals surface area contributed by atoms with E-state index in [0.717, 1.165) is 29.9 Å². The van der Waals surface area contributed by atoms with E-state index in [4.69, 9.17) is 0 Å². The largest absolute Gasteiger partial charge is 0.465 e. The van der Waals surface area contributed by atoms with E-state index < -0.39 is 6.09 Å². The lowest BCUT2D eigenvalue weighted by molar-refractivity contribution is 0.0706. The molecule has 3 amide bonds. The number of piperidine rings is 1. The van der Waals surface area contributed by atoms with Crippen molar-refractivity contribution in [1.82, 2.24) is 19.7 Å². The van der Waals surface area contributed by atoms with Crippen LogP contribution in [0.3, 0.4) is 0 Å². The molecule has 0 aliphatic carbocycles. The van der Waals surface area contributed by atoms with Crippen molar-refractivity contribution in [3.8, 4) is 0 Å². The molecule has 35 heavy (non-hydrogen) atoms. The maximum Gasteiger partial charge on any atom is 0.407 e. The Hall–Kier alpha value is -3.40. The molecule has 2 saturated heterocycles. The Morgan fingerprint density at radius 1 is 1.17 bits per heavy atom. The smallest absolute Gasteiger partial charge is 0.407 e. The molecule has 1 atom stereocenters. The third-order valence-electron chi connectivity index (χ3n) is 6.79. The summed E-state index contributed by atoms with van der Waals surface area (Å²) in [5.74, 6) is -0.265. The molecule has 0 unspecified atom stereocenters. The van der Waals surface area contributed by atoms with Gasteiger partial charge in [-0.2, -0.15) is 0 Å². The molecule has 10 heteroatoms. The molecule has 2 aliphatic rings. The number of rotatable bonds is 5. The average molecular weight is 485 g/mol. The number of anilines is 2. The zero-order chi connectivity index (χ0) is 24.9. The number of hydrogen-bond acceptors (Lipinski definition) is 5. The fraction of sp³-hybridized carbons (Fsp3) is 0.480. The summed E-state index contributed by atoms with van der Waals surface area (Å²) < 4.78 is 13.4. The molecule has 3 heterocycles. The number of nitrogens with one attached hydrogen (secondary N) is 1. The minimum atomic E-state index is -0.876. The van der Waals surface area contributed by atoms with Crippen LogP contribution in [0, 0.1) is 5.82 Å². The molecule has 0 spiro atoms. The van der Waals surface area contributed by atoms with Gasteiger partial charge in [0.05, 0.1) is 17.6 Å². The van der Waals surface area contributed by atoms with Gasteiger partial charge >= 0.3 is 12.1 Å². The van der Waals surface area contributed by atoms with Crippen LogP contribution in [0.15, 0.2) is 42.6 Å². The van der Waals surface area contributed by atoms with Crippen molar-refractivity contribution in [3.63, 3.8) is 0 Å². The van der Waals surface area contributed by atoms with E-state index in [1.165, 1.54) is 17.0 Å². The van der Waals surface area contributed by atoms with Gasteiger partial charge in [-0.3, -0.25) is 14.8 Å². The molecule has 9 nitrogen and oxygen atoms in total. The monoisotopic (exact) mass is 484 g/mol. The zero-order valence-corrected chi connectivity index (χ0v) is 20.2. The second-order valence-electron chi connectivity index (χ2n) is 9.33. The lowest BCUT2D eigenvalue weighted by atomic mass is 10.0. The molecule has 2 aliphatic heterocycles. The number of urea groups is 1. The minimum Gasteiger partial charge on any atom is -0.465 e. The van der Waals surface area contributed by atoms with E-state index in [9.17, 15) is 19.1 Å². The topological polar surface area (TPSA) is 92.3 Å². The summed E-state index contributed by atoms with van der Waals surface area (Å²) in [6.45, 7) is 5.63. The van der Waals surface area contributed by atoms with E-state index in [1.54, 1.807) is 24.2 Å². The van der Waals surface area contributed by atoms with Crippen LogP contribution in [0.2, 0.25) is 0 Å². The van der Waals surface area contributed by atoms with E-state index in [2.05, 4.69) is 15.2 Å². The highest BCUT2D eigenvalue weighted by atomic mass is 19.1. The molecule has 2 aromatic rings. The van der Waals surface area contributed by atoms with Crippen LogP contribution in [0.1, 0.15) is 25.5 Å². The first kappa shape index (κ1) is 24.7. The number of halogens is 1. The summed E-state index contributed by atoms with van der Waals surface area (Å²) in [4.78, 5) is 35.9. The number of carbonyl (C=O) groups excluding carboxylic acids is 1. The first-order valence-corrected chi connectivity index (χ1v) is 12.0. The fourth-order valence-electron chi connectivity index (χ4n) is 4.75. The molecule has 0 radical (unpaired) electrons. The van der Waals surface area contributed by atoms with Crippen molar-refractivity contribution >= 4 is 23.5 Å². The van der Waals surface area contributed by atoms with Crippen molar-refractivity contribution in [2.75, 3.05) is 50.0 Å². The third kappa shape index (κ3) is 6.19. The maximum absolute atomic E-state index is 13.4. The van der Waals surface area contributed by atoms with Crippen LogP contribution >= 0.6 is 0 Å². The fourth-order valence-corrected chi connectivity index (χ4v) is 4.75. The van der Waals surface area contributed by atoms with Crippen molar-refractivity contribution < 1.29 is 19.1 Å². The van der Waals surface area contributed by atoms with Gasteiger partial charge in [-0.25, -0.2) is 14.0 Å². The second-order valence-corrected chi connectivity index (χ2v) is 9.33. The predicted octanol–water partition coefficient (Wildman–Crippen LogP) is 3.54. The van der Waals surface area contributed by atoms with Gasteiger partial charge in [0.15, 0.2) is 0 Å². The van der Waals surface area contributed by atoms with E-state index in [1.807, 2.05) is 30.0 Å². The van der Waals surface area contributed by atoms with Gasteiger partial charge < -0.3 is 20.2 Å². The van der Waals surface area contributed by atoms with Crippen LogP contribution in [0.4, 0.5) is 25.4 Å². The number of hydrogen-bond donors (Lipinski definition) is 2. The Morgan fingerprint density at radius 3 is 2.57 bits per heavy atom. The molecule has 2 N–H and O–H groups in total. The Morgan fingerprint density at radius 2 is 1.94 bits per heavy atom. The summed E-state index contributed by atoms with van der Waals surface area (Å²) >= 11 is 0. The highest BCUT2D eigenvalue weighted by Gasteiger charge is 2.28. The highest BCUT2D eigenvalue weighted by Crippen LogP contribution is 2.21.